The zero-order valence-corrected chi connectivity index (χ0v) is 15.5. The van der Waals surface area contributed by atoms with E-state index in [2.05, 4.69) is 20.5 Å². The fraction of sp³-hybridized carbons (Fsp3) is 0.263. The quantitative estimate of drug-likeness (QED) is 0.612. The van der Waals surface area contributed by atoms with Crippen LogP contribution in [0.1, 0.15) is 25.0 Å². The van der Waals surface area contributed by atoms with Gasteiger partial charge in [0.1, 0.15) is 5.82 Å². The number of amides is 2. The number of benzene rings is 1. The van der Waals surface area contributed by atoms with Crippen LogP contribution in [-0.2, 0) is 16.1 Å². The fourth-order valence-electron chi connectivity index (χ4n) is 2.81. The van der Waals surface area contributed by atoms with Gasteiger partial charge in [-0.1, -0.05) is 24.3 Å². The number of fused-ring (bicyclic) bond motifs is 1. The number of rotatable bonds is 4. The van der Waals surface area contributed by atoms with Crippen LogP contribution in [0.15, 0.2) is 36.7 Å². The fourth-order valence-corrected chi connectivity index (χ4v) is 2.81. The van der Waals surface area contributed by atoms with Crippen molar-refractivity contribution >= 4 is 34.2 Å². The number of nitrogens with one attached hydrogen (secondary N) is 2. The lowest BCUT2D eigenvalue weighted by Gasteiger charge is -2.27. The smallest absolute Gasteiger partial charge is 0.314 e. The Kier molecular flexibility index (Phi) is 5.07. The molecule has 0 aliphatic heterocycles. The van der Waals surface area contributed by atoms with Gasteiger partial charge in [-0.15, -0.1) is 0 Å². The van der Waals surface area contributed by atoms with Gasteiger partial charge in [-0.25, -0.2) is 4.98 Å². The molecular weight excluding hydrogens is 344 g/mol. The highest BCUT2D eigenvalue weighted by atomic mass is 16.2. The van der Waals surface area contributed by atoms with Crippen LogP contribution in [0.25, 0.3) is 10.9 Å². The first kappa shape index (κ1) is 18.4. The van der Waals surface area contributed by atoms with Crippen LogP contribution in [0, 0.1) is 6.92 Å². The summed E-state index contributed by atoms with van der Waals surface area (Å²) < 4.78 is 0. The maximum atomic E-state index is 12.8. The van der Waals surface area contributed by atoms with Crippen molar-refractivity contribution in [2.75, 3.05) is 11.1 Å². The summed E-state index contributed by atoms with van der Waals surface area (Å²) in [6.07, 6.45) is 2.93. The van der Waals surface area contributed by atoms with E-state index in [-0.39, 0.29) is 6.04 Å². The van der Waals surface area contributed by atoms with Crippen molar-refractivity contribution < 1.29 is 9.59 Å². The van der Waals surface area contributed by atoms with Gasteiger partial charge in [0.25, 0.3) is 0 Å². The number of nitrogen functional groups attached to an aromatic ring is 1. The van der Waals surface area contributed by atoms with Gasteiger partial charge in [-0.05, 0) is 31.9 Å². The van der Waals surface area contributed by atoms with Crippen molar-refractivity contribution in [1.29, 1.82) is 0 Å². The Morgan fingerprint density at radius 2 is 2.00 bits per heavy atom. The molecule has 2 amide bonds. The van der Waals surface area contributed by atoms with Crippen LogP contribution in [0.2, 0.25) is 0 Å². The predicted octanol–water partition coefficient (Wildman–Crippen LogP) is 2.22. The molecular formula is C19H22N6O2. The lowest BCUT2D eigenvalue weighted by atomic mass is 10.1. The number of pyridine rings is 1. The Hall–Kier alpha value is -3.42. The van der Waals surface area contributed by atoms with Crippen molar-refractivity contribution in [3.8, 4) is 0 Å². The summed E-state index contributed by atoms with van der Waals surface area (Å²) in [7, 11) is 0. The van der Waals surface area contributed by atoms with Crippen LogP contribution in [0.4, 0.5) is 11.5 Å². The number of nitrogens with zero attached hydrogens (tertiary/aromatic N) is 3. The Bertz CT molecular complexity index is 995. The minimum atomic E-state index is -0.736. The molecule has 0 aliphatic rings. The van der Waals surface area contributed by atoms with E-state index in [4.69, 9.17) is 5.73 Å². The molecule has 3 aromatic rings. The second-order valence-corrected chi connectivity index (χ2v) is 6.62. The van der Waals surface area contributed by atoms with Crippen molar-refractivity contribution in [1.82, 2.24) is 20.1 Å². The number of hydrogen-bond acceptors (Lipinski definition) is 5. The summed E-state index contributed by atoms with van der Waals surface area (Å²) >= 11 is 0. The number of nitrogens with two attached hydrogens (primary N) is 1. The number of hydrogen-bond donors (Lipinski definition) is 3. The first-order valence-electron chi connectivity index (χ1n) is 8.62. The largest absolute Gasteiger partial charge is 0.383 e. The number of carbonyl (C=O) groups is 2. The van der Waals surface area contributed by atoms with E-state index >= 15 is 0 Å². The van der Waals surface area contributed by atoms with Gasteiger partial charge >= 0.3 is 11.8 Å². The average molecular weight is 366 g/mol. The molecule has 2 heterocycles. The van der Waals surface area contributed by atoms with Gasteiger partial charge in [0.05, 0.1) is 29.0 Å². The lowest BCUT2D eigenvalue weighted by molar-refractivity contribution is -0.144. The number of aromatic nitrogens is 3. The molecule has 0 saturated heterocycles. The van der Waals surface area contributed by atoms with Gasteiger partial charge in [0, 0.05) is 12.6 Å². The van der Waals surface area contributed by atoms with E-state index in [0.717, 1.165) is 11.1 Å². The molecule has 0 saturated carbocycles. The molecule has 0 atom stereocenters. The number of aromatic amines is 1. The summed E-state index contributed by atoms with van der Waals surface area (Å²) in [5, 5.41) is 9.87. The zero-order valence-electron chi connectivity index (χ0n) is 15.5. The predicted molar refractivity (Wildman–Crippen MR) is 104 cm³/mol. The Morgan fingerprint density at radius 3 is 2.70 bits per heavy atom. The number of anilines is 2. The van der Waals surface area contributed by atoms with Crippen LogP contribution in [0.3, 0.4) is 0 Å². The third-order valence-electron chi connectivity index (χ3n) is 4.45. The molecule has 0 radical (unpaired) electrons. The van der Waals surface area contributed by atoms with Crippen molar-refractivity contribution in [2.24, 2.45) is 0 Å². The molecule has 8 heteroatoms. The number of H-pyrrole nitrogens is 1. The molecule has 3 rings (SSSR count). The molecule has 0 fully saturated rings. The molecule has 0 bridgehead atoms. The SMILES string of the molecule is Cc1ccccc1CN(C(=O)C(=O)Nc1cnc(N)c2cn[nH]c12)C(C)C. The van der Waals surface area contributed by atoms with Gasteiger partial charge in [0.15, 0.2) is 0 Å². The van der Waals surface area contributed by atoms with Gasteiger partial charge < -0.3 is 16.0 Å². The summed E-state index contributed by atoms with van der Waals surface area (Å²) in [5.74, 6) is -1.05. The molecule has 0 aliphatic carbocycles. The van der Waals surface area contributed by atoms with Crippen molar-refractivity contribution in [3.63, 3.8) is 0 Å². The molecule has 0 unspecified atom stereocenters. The molecule has 2 aromatic heterocycles. The van der Waals surface area contributed by atoms with Crippen molar-refractivity contribution in [2.45, 2.75) is 33.4 Å². The minimum absolute atomic E-state index is 0.139. The van der Waals surface area contributed by atoms with Crippen LogP contribution < -0.4 is 11.1 Å². The summed E-state index contributed by atoms with van der Waals surface area (Å²) in [4.78, 5) is 30.9. The summed E-state index contributed by atoms with van der Waals surface area (Å²) in [6, 6.07) is 7.65. The highest BCUT2D eigenvalue weighted by Crippen LogP contribution is 2.24. The van der Waals surface area contributed by atoms with Gasteiger partial charge in [0.2, 0.25) is 0 Å². The van der Waals surface area contributed by atoms with Crippen molar-refractivity contribution in [3.05, 3.63) is 47.8 Å². The van der Waals surface area contributed by atoms with Gasteiger partial charge in [-0.3, -0.25) is 14.7 Å². The lowest BCUT2D eigenvalue weighted by Crippen LogP contribution is -2.43. The normalized spacial score (nSPS) is 11.0. The van der Waals surface area contributed by atoms with Crippen LogP contribution in [-0.4, -0.2) is 37.9 Å². The summed E-state index contributed by atoms with van der Waals surface area (Å²) in [6.45, 7) is 6.09. The van der Waals surface area contributed by atoms with Crippen LogP contribution in [0.5, 0.6) is 0 Å². The maximum Gasteiger partial charge on any atom is 0.314 e. The van der Waals surface area contributed by atoms with E-state index in [1.807, 2.05) is 45.0 Å². The molecule has 0 spiro atoms. The Labute approximate surface area is 156 Å². The van der Waals surface area contributed by atoms with E-state index < -0.39 is 11.8 Å². The number of aryl methyl sites for hydroxylation is 1. The second kappa shape index (κ2) is 7.45. The second-order valence-electron chi connectivity index (χ2n) is 6.62. The topological polar surface area (TPSA) is 117 Å². The third kappa shape index (κ3) is 3.74. The highest BCUT2D eigenvalue weighted by molar-refractivity contribution is 6.40. The third-order valence-corrected chi connectivity index (χ3v) is 4.45. The Morgan fingerprint density at radius 1 is 1.26 bits per heavy atom. The average Bonchev–Trinajstić information content (AvgIpc) is 3.13. The van der Waals surface area contributed by atoms with E-state index in [0.29, 0.717) is 29.0 Å². The first-order valence-corrected chi connectivity index (χ1v) is 8.62. The van der Waals surface area contributed by atoms with E-state index in [9.17, 15) is 9.59 Å². The Balaban J connectivity index is 1.81. The molecule has 27 heavy (non-hydrogen) atoms. The molecule has 4 N–H and O–H groups in total. The monoisotopic (exact) mass is 366 g/mol. The first-order chi connectivity index (χ1) is 12.9. The number of carbonyl (C=O) groups excluding carboxylic acids is 2. The standard InChI is InChI=1S/C19H22N6O2/c1-11(2)25(10-13-7-5-4-6-12(13)3)19(27)18(26)23-15-9-21-17(20)14-8-22-24-16(14)15/h4-9,11H,10H2,1-3H3,(H2,20,21)(H,22,24)(H,23,26). The molecule has 8 nitrogen and oxygen atoms in total. The maximum absolute atomic E-state index is 12.8. The van der Waals surface area contributed by atoms with Gasteiger partial charge in [-0.2, -0.15) is 5.10 Å². The minimum Gasteiger partial charge on any atom is -0.383 e. The van der Waals surface area contributed by atoms with Crippen LogP contribution >= 0.6 is 0 Å². The van der Waals surface area contributed by atoms with E-state index in [1.165, 1.54) is 17.3 Å². The molecule has 140 valence electrons. The zero-order chi connectivity index (χ0) is 19.6. The summed E-state index contributed by atoms with van der Waals surface area (Å²) in [5.41, 5.74) is 8.74. The highest BCUT2D eigenvalue weighted by Gasteiger charge is 2.25. The van der Waals surface area contributed by atoms with E-state index in [1.54, 1.807) is 0 Å². The molecule has 1 aromatic carbocycles.